The summed E-state index contributed by atoms with van der Waals surface area (Å²) < 4.78 is 7.67. The first kappa shape index (κ1) is 20.2. The number of halogens is 1. The van der Waals surface area contributed by atoms with Crippen molar-refractivity contribution >= 4 is 18.3 Å². The van der Waals surface area contributed by atoms with Gasteiger partial charge in [0.15, 0.2) is 0 Å². The Morgan fingerprint density at radius 1 is 1.44 bits per heavy atom. The fraction of sp³-hybridized carbons (Fsp3) is 0.778. The summed E-state index contributed by atoms with van der Waals surface area (Å²) in [4.78, 5) is 15.2. The molecular formula is C18H31ClN4O2. The first-order valence-electron chi connectivity index (χ1n) is 9.28. The van der Waals surface area contributed by atoms with E-state index in [9.17, 15) is 4.79 Å². The minimum absolute atomic E-state index is 0. The Morgan fingerprint density at radius 2 is 2.28 bits per heavy atom. The third kappa shape index (κ3) is 4.96. The zero-order valence-electron chi connectivity index (χ0n) is 15.3. The summed E-state index contributed by atoms with van der Waals surface area (Å²) in [5, 5.41) is 7.67. The fourth-order valence-electron chi connectivity index (χ4n) is 3.91. The van der Waals surface area contributed by atoms with E-state index in [1.807, 2.05) is 29.0 Å². The lowest BCUT2D eigenvalue weighted by Crippen LogP contribution is -2.44. The van der Waals surface area contributed by atoms with Crippen LogP contribution in [0, 0.1) is 5.92 Å². The van der Waals surface area contributed by atoms with E-state index in [0.29, 0.717) is 0 Å². The number of aryl methyl sites for hydroxylation is 1. The molecule has 6 nitrogen and oxygen atoms in total. The molecule has 0 saturated carbocycles. The van der Waals surface area contributed by atoms with E-state index in [4.69, 9.17) is 4.74 Å². The molecular weight excluding hydrogens is 340 g/mol. The molecule has 0 bridgehead atoms. The number of carbonyl (C=O) groups is 1. The number of nitrogens with zero attached hydrogens (tertiary/aromatic N) is 3. The fourth-order valence-corrected chi connectivity index (χ4v) is 3.91. The molecule has 1 N–H and O–H groups in total. The van der Waals surface area contributed by atoms with Gasteiger partial charge in [0.05, 0.1) is 18.2 Å². The SMILES string of the molecule is CCCN(CC1CCCCO1)C(=O)[C@H]1CNC[C@@H]1c1cnn(C)c1.Cl. The van der Waals surface area contributed by atoms with Gasteiger partial charge in [0.1, 0.15) is 0 Å². The standard InChI is InChI=1S/C18H30N4O2.ClH/c1-3-7-22(13-15-6-4-5-8-24-15)18(23)17-11-19-10-16(17)14-9-20-21(2)12-14;/h9,12,15-17,19H,3-8,10-11,13H2,1-2H3;1H/t15?,16-,17+;/m1./s1. The quantitative estimate of drug-likeness (QED) is 0.831. The lowest BCUT2D eigenvalue weighted by Gasteiger charge is -2.32. The molecule has 3 atom stereocenters. The first-order chi connectivity index (χ1) is 11.7. The number of rotatable bonds is 6. The predicted octanol–water partition coefficient (Wildman–Crippen LogP) is 1.95. The van der Waals surface area contributed by atoms with Gasteiger partial charge in [-0.3, -0.25) is 9.48 Å². The maximum Gasteiger partial charge on any atom is 0.227 e. The van der Waals surface area contributed by atoms with Crippen LogP contribution in [0.3, 0.4) is 0 Å². The maximum atomic E-state index is 13.2. The number of aromatic nitrogens is 2. The zero-order chi connectivity index (χ0) is 16.9. The van der Waals surface area contributed by atoms with Crippen LogP contribution in [-0.2, 0) is 16.6 Å². The summed E-state index contributed by atoms with van der Waals surface area (Å²) in [6, 6.07) is 0. The third-order valence-electron chi connectivity index (χ3n) is 5.19. The smallest absolute Gasteiger partial charge is 0.227 e. The highest BCUT2D eigenvalue weighted by atomic mass is 35.5. The summed E-state index contributed by atoms with van der Waals surface area (Å²) in [6.07, 6.45) is 8.55. The topological polar surface area (TPSA) is 59.4 Å². The zero-order valence-corrected chi connectivity index (χ0v) is 16.1. The Balaban J connectivity index is 0.00000225. The van der Waals surface area contributed by atoms with Crippen molar-refractivity contribution in [2.24, 2.45) is 13.0 Å². The molecule has 2 fully saturated rings. The van der Waals surface area contributed by atoms with E-state index in [-0.39, 0.29) is 36.3 Å². The van der Waals surface area contributed by atoms with Gasteiger partial charge in [-0.05, 0) is 31.2 Å². The Hall–Kier alpha value is -1.11. The van der Waals surface area contributed by atoms with Crippen LogP contribution >= 0.6 is 12.4 Å². The monoisotopic (exact) mass is 370 g/mol. The summed E-state index contributed by atoms with van der Waals surface area (Å²) in [7, 11) is 1.92. The molecule has 3 rings (SSSR count). The van der Waals surface area contributed by atoms with Crippen molar-refractivity contribution in [3.05, 3.63) is 18.0 Å². The second-order valence-corrected chi connectivity index (χ2v) is 7.09. The molecule has 25 heavy (non-hydrogen) atoms. The Kier molecular flexibility index (Phi) is 7.72. The van der Waals surface area contributed by atoms with Gasteiger partial charge in [-0.15, -0.1) is 12.4 Å². The molecule has 0 aromatic carbocycles. The van der Waals surface area contributed by atoms with Gasteiger partial charge in [0.2, 0.25) is 5.91 Å². The van der Waals surface area contributed by atoms with Crippen LogP contribution in [0.4, 0.5) is 0 Å². The van der Waals surface area contributed by atoms with Crippen LogP contribution in [-0.4, -0.2) is 59.5 Å². The summed E-state index contributed by atoms with van der Waals surface area (Å²) in [5.74, 6) is 0.493. The van der Waals surface area contributed by atoms with E-state index < -0.39 is 0 Å². The van der Waals surface area contributed by atoms with Crippen molar-refractivity contribution in [2.75, 3.05) is 32.8 Å². The summed E-state index contributed by atoms with van der Waals surface area (Å²) >= 11 is 0. The lowest BCUT2D eigenvalue weighted by molar-refractivity contribution is -0.138. The number of nitrogens with one attached hydrogen (secondary N) is 1. The van der Waals surface area contributed by atoms with Crippen molar-refractivity contribution in [3.8, 4) is 0 Å². The highest BCUT2D eigenvalue weighted by Crippen LogP contribution is 2.29. The molecule has 1 aromatic heterocycles. The molecule has 2 aliphatic heterocycles. The Bertz CT molecular complexity index is 545. The molecule has 0 radical (unpaired) electrons. The van der Waals surface area contributed by atoms with Gasteiger partial charge in [-0.25, -0.2) is 0 Å². The molecule has 1 aromatic rings. The van der Waals surface area contributed by atoms with E-state index in [0.717, 1.165) is 57.6 Å². The number of hydrogen-bond donors (Lipinski definition) is 1. The number of hydrogen-bond acceptors (Lipinski definition) is 4. The van der Waals surface area contributed by atoms with Crippen molar-refractivity contribution < 1.29 is 9.53 Å². The second kappa shape index (κ2) is 9.55. The number of amides is 1. The number of carbonyl (C=O) groups excluding carboxylic acids is 1. The van der Waals surface area contributed by atoms with E-state index in [2.05, 4.69) is 17.3 Å². The largest absolute Gasteiger partial charge is 0.376 e. The first-order valence-corrected chi connectivity index (χ1v) is 9.28. The molecule has 0 spiro atoms. The molecule has 1 amide bonds. The highest BCUT2D eigenvalue weighted by molar-refractivity contribution is 5.85. The van der Waals surface area contributed by atoms with Gasteiger partial charge in [0.25, 0.3) is 0 Å². The van der Waals surface area contributed by atoms with Crippen LogP contribution in [0.2, 0.25) is 0 Å². The second-order valence-electron chi connectivity index (χ2n) is 7.09. The van der Waals surface area contributed by atoms with Crippen molar-refractivity contribution in [1.82, 2.24) is 20.0 Å². The van der Waals surface area contributed by atoms with Gasteiger partial charge < -0.3 is 15.0 Å². The average Bonchev–Trinajstić information content (AvgIpc) is 3.23. The highest BCUT2D eigenvalue weighted by Gasteiger charge is 2.37. The summed E-state index contributed by atoms with van der Waals surface area (Å²) in [6.45, 7) is 6.12. The van der Waals surface area contributed by atoms with Gasteiger partial charge >= 0.3 is 0 Å². The third-order valence-corrected chi connectivity index (χ3v) is 5.19. The molecule has 1 unspecified atom stereocenters. The van der Waals surface area contributed by atoms with Crippen LogP contribution in [0.5, 0.6) is 0 Å². The Labute approximate surface area is 156 Å². The van der Waals surface area contributed by atoms with Crippen molar-refractivity contribution in [1.29, 1.82) is 0 Å². The lowest BCUT2D eigenvalue weighted by atomic mass is 9.89. The summed E-state index contributed by atoms with van der Waals surface area (Å²) in [5.41, 5.74) is 1.16. The molecule has 3 heterocycles. The minimum atomic E-state index is 0. The van der Waals surface area contributed by atoms with Crippen LogP contribution in [0.1, 0.15) is 44.1 Å². The van der Waals surface area contributed by atoms with Crippen LogP contribution < -0.4 is 5.32 Å². The van der Waals surface area contributed by atoms with Crippen molar-refractivity contribution in [2.45, 2.75) is 44.6 Å². The normalized spacial score (nSPS) is 26.2. The van der Waals surface area contributed by atoms with Gasteiger partial charge in [-0.1, -0.05) is 6.92 Å². The minimum Gasteiger partial charge on any atom is -0.376 e. The predicted molar refractivity (Wildman–Crippen MR) is 100 cm³/mol. The molecule has 2 aliphatic rings. The molecule has 0 aliphatic carbocycles. The van der Waals surface area contributed by atoms with Crippen LogP contribution in [0.15, 0.2) is 12.4 Å². The maximum absolute atomic E-state index is 13.2. The molecule has 142 valence electrons. The van der Waals surface area contributed by atoms with E-state index >= 15 is 0 Å². The molecule has 7 heteroatoms. The van der Waals surface area contributed by atoms with E-state index in [1.165, 1.54) is 6.42 Å². The van der Waals surface area contributed by atoms with Crippen LogP contribution in [0.25, 0.3) is 0 Å². The number of ether oxygens (including phenoxy) is 1. The average molecular weight is 371 g/mol. The van der Waals surface area contributed by atoms with Gasteiger partial charge in [0, 0.05) is 51.9 Å². The Morgan fingerprint density at radius 3 is 2.92 bits per heavy atom. The van der Waals surface area contributed by atoms with E-state index in [1.54, 1.807) is 0 Å². The molecule has 2 saturated heterocycles. The van der Waals surface area contributed by atoms with Gasteiger partial charge in [-0.2, -0.15) is 5.10 Å². The van der Waals surface area contributed by atoms with Crippen molar-refractivity contribution in [3.63, 3.8) is 0 Å².